The van der Waals surface area contributed by atoms with Gasteiger partial charge in [-0.05, 0) is 48.6 Å². The number of amides is 3. The Morgan fingerprint density at radius 2 is 1.59 bits per heavy atom. The zero-order chi connectivity index (χ0) is 24.3. The number of carbonyl (C=O) groups excluding carboxylic acids is 3. The molecule has 0 aliphatic carbocycles. The molecule has 2 atom stereocenters. The van der Waals surface area contributed by atoms with Crippen molar-refractivity contribution >= 4 is 23.6 Å². The van der Waals surface area contributed by atoms with Gasteiger partial charge >= 0.3 is 6.09 Å². The number of likely N-dealkylation sites (tertiary alicyclic amines) is 1. The first-order valence-corrected chi connectivity index (χ1v) is 12.2. The third-order valence-electron chi connectivity index (χ3n) is 6.27. The van der Waals surface area contributed by atoms with Gasteiger partial charge in [0.15, 0.2) is 0 Å². The zero-order valence-corrected chi connectivity index (χ0v) is 20.1. The average Bonchev–Trinajstić information content (AvgIpc) is 3.16. The summed E-state index contributed by atoms with van der Waals surface area (Å²) in [6.07, 6.45) is 4.48. The van der Waals surface area contributed by atoms with Gasteiger partial charge in [0.1, 0.15) is 12.6 Å². The number of nitrogens with one attached hydrogen (secondary N) is 2. The molecule has 1 aliphatic rings. The smallest absolute Gasteiger partial charge is 0.408 e. The minimum absolute atomic E-state index is 0.0279. The molecule has 1 heterocycles. The fourth-order valence-electron chi connectivity index (χ4n) is 3.97. The molecule has 3 rings (SSSR count). The maximum absolute atomic E-state index is 13.0. The molecule has 0 bridgehead atoms. The Morgan fingerprint density at radius 1 is 0.941 bits per heavy atom. The number of nitrogens with zero attached hydrogens (tertiary/aromatic N) is 1. The Morgan fingerprint density at radius 3 is 2.21 bits per heavy atom. The molecule has 182 valence electrons. The van der Waals surface area contributed by atoms with Crippen molar-refractivity contribution in [3.8, 4) is 0 Å². The van der Waals surface area contributed by atoms with Crippen molar-refractivity contribution in [2.45, 2.75) is 58.6 Å². The second-order valence-electron chi connectivity index (χ2n) is 8.84. The Balaban J connectivity index is 1.57. The summed E-state index contributed by atoms with van der Waals surface area (Å²) in [6, 6.07) is 15.6. The van der Waals surface area contributed by atoms with Crippen LogP contribution in [-0.4, -0.2) is 41.9 Å². The van der Waals surface area contributed by atoms with Gasteiger partial charge in [0.25, 0.3) is 5.91 Å². The zero-order valence-electron chi connectivity index (χ0n) is 20.1. The lowest BCUT2D eigenvalue weighted by Crippen LogP contribution is -2.47. The van der Waals surface area contributed by atoms with Crippen molar-refractivity contribution in [1.82, 2.24) is 10.2 Å². The van der Waals surface area contributed by atoms with Crippen LogP contribution in [0.2, 0.25) is 0 Å². The van der Waals surface area contributed by atoms with Crippen LogP contribution in [0.15, 0.2) is 54.6 Å². The van der Waals surface area contributed by atoms with Gasteiger partial charge in [0.05, 0.1) is 0 Å². The first-order valence-electron chi connectivity index (χ1n) is 12.2. The Labute approximate surface area is 201 Å². The molecule has 2 aromatic carbocycles. The molecule has 0 unspecified atom stereocenters. The number of hydrogen-bond acceptors (Lipinski definition) is 4. The second-order valence-corrected chi connectivity index (χ2v) is 8.84. The van der Waals surface area contributed by atoms with Crippen LogP contribution in [0.4, 0.5) is 10.5 Å². The molecule has 1 fully saturated rings. The number of ether oxygens (including phenoxy) is 1. The van der Waals surface area contributed by atoms with E-state index in [-0.39, 0.29) is 24.3 Å². The quantitative estimate of drug-likeness (QED) is 0.575. The van der Waals surface area contributed by atoms with Crippen LogP contribution in [0, 0.1) is 5.92 Å². The summed E-state index contributed by atoms with van der Waals surface area (Å²) in [4.78, 5) is 40.0. The van der Waals surface area contributed by atoms with Crippen LogP contribution in [0.3, 0.4) is 0 Å². The summed E-state index contributed by atoms with van der Waals surface area (Å²) in [5.41, 5.74) is 2.06. The highest BCUT2D eigenvalue weighted by Crippen LogP contribution is 2.17. The van der Waals surface area contributed by atoms with Crippen molar-refractivity contribution in [1.29, 1.82) is 0 Å². The van der Waals surface area contributed by atoms with Crippen molar-refractivity contribution in [2.75, 3.05) is 18.4 Å². The molecule has 7 heteroatoms. The van der Waals surface area contributed by atoms with Crippen LogP contribution in [0.1, 0.15) is 61.9 Å². The van der Waals surface area contributed by atoms with E-state index in [1.807, 2.05) is 49.1 Å². The fraction of sp³-hybridized carbons (Fsp3) is 0.444. The lowest BCUT2D eigenvalue weighted by Gasteiger charge is -2.23. The molecule has 2 N–H and O–H groups in total. The maximum Gasteiger partial charge on any atom is 0.408 e. The van der Waals surface area contributed by atoms with E-state index in [0.717, 1.165) is 31.5 Å². The van der Waals surface area contributed by atoms with Crippen LogP contribution in [0.5, 0.6) is 0 Å². The highest BCUT2D eigenvalue weighted by Gasteiger charge is 2.27. The minimum Gasteiger partial charge on any atom is -0.445 e. The number of carbonyl (C=O) groups is 3. The molecule has 0 spiro atoms. The van der Waals surface area contributed by atoms with E-state index in [1.54, 1.807) is 24.3 Å². The molecule has 0 radical (unpaired) electrons. The Bertz CT molecular complexity index is 938. The molecular weight excluding hydrogens is 430 g/mol. The van der Waals surface area contributed by atoms with E-state index in [4.69, 9.17) is 4.74 Å². The van der Waals surface area contributed by atoms with Crippen LogP contribution in [-0.2, 0) is 16.1 Å². The monoisotopic (exact) mass is 465 g/mol. The SMILES string of the molecule is CC[C@H](C)[C@H](NC(=O)OCc1ccccc1)C(=O)Nc1ccc(C(=O)N2CCCCCC2)cc1. The standard InChI is InChI=1S/C27H35N3O4/c1-3-20(2)24(29-27(33)34-19-21-11-7-6-8-12-21)25(31)28-23-15-13-22(14-16-23)26(32)30-17-9-4-5-10-18-30/h6-8,11-16,20,24H,3-5,9-10,17-19H2,1-2H3,(H,28,31)(H,29,33)/t20-,24-/m0/s1. The van der Waals surface area contributed by atoms with Gasteiger partial charge < -0.3 is 20.3 Å². The van der Waals surface area contributed by atoms with Crippen molar-refractivity contribution in [3.05, 3.63) is 65.7 Å². The summed E-state index contributed by atoms with van der Waals surface area (Å²) < 4.78 is 5.29. The second kappa shape index (κ2) is 12.8. The summed E-state index contributed by atoms with van der Waals surface area (Å²) in [5, 5.41) is 5.56. The number of alkyl carbamates (subject to hydrolysis) is 1. The van der Waals surface area contributed by atoms with Crippen LogP contribution >= 0.6 is 0 Å². The molecule has 7 nitrogen and oxygen atoms in total. The number of hydrogen-bond donors (Lipinski definition) is 2. The molecule has 3 amide bonds. The Hall–Kier alpha value is -3.35. The highest BCUT2D eigenvalue weighted by atomic mass is 16.5. The molecule has 1 saturated heterocycles. The molecule has 0 saturated carbocycles. The normalized spacial score (nSPS) is 15.5. The molecule has 1 aliphatic heterocycles. The number of benzene rings is 2. The van der Waals surface area contributed by atoms with Crippen molar-refractivity contribution in [2.24, 2.45) is 5.92 Å². The third kappa shape index (κ3) is 7.33. The van der Waals surface area contributed by atoms with E-state index in [0.29, 0.717) is 17.7 Å². The first kappa shape index (κ1) is 25.3. The van der Waals surface area contributed by atoms with E-state index in [9.17, 15) is 14.4 Å². The predicted molar refractivity (Wildman–Crippen MR) is 132 cm³/mol. The number of anilines is 1. The maximum atomic E-state index is 13.0. The largest absolute Gasteiger partial charge is 0.445 e. The van der Waals surface area contributed by atoms with Gasteiger partial charge in [-0.15, -0.1) is 0 Å². The van der Waals surface area contributed by atoms with Gasteiger partial charge in [-0.3, -0.25) is 9.59 Å². The third-order valence-corrected chi connectivity index (χ3v) is 6.27. The highest BCUT2D eigenvalue weighted by molar-refractivity contribution is 5.98. The van der Waals surface area contributed by atoms with E-state index in [1.165, 1.54) is 12.8 Å². The van der Waals surface area contributed by atoms with E-state index in [2.05, 4.69) is 10.6 Å². The minimum atomic E-state index is -0.744. The summed E-state index contributed by atoms with van der Waals surface area (Å²) in [5.74, 6) is -0.383. The topological polar surface area (TPSA) is 87.7 Å². The van der Waals surface area contributed by atoms with Crippen LogP contribution in [0.25, 0.3) is 0 Å². The number of rotatable bonds is 8. The van der Waals surface area contributed by atoms with E-state index < -0.39 is 12.1 Å². The first-order chi connectivity index (χ1) is 16.5. The van der Waals surface area contributed by atoms with Gasteiger partial charge in [-0.1, -0.05) is 63.4 Å². The Kier molecular flexibility index (Phi) is 9.50. The molecule has 2 aromatic rings. The van der Waals surface area contributed by atoms with Crippen LogP contribution < -0.4 is 10.6 Å². The molecular formula is C27H35N3O4. The lowest BCUT2D eigenvalue weighted by molar-refractivity contribution is -0.119. The molecule has 34 heavy (non-hydrogen) atoms. The van der Waals surface area contributed by atoms with Gasteiger partial charge in [-0.25, -0.2) is 4.79 Å². The van der Waals surface area contributed by atoms with Crippen molar-refractivity contribution in [3.63, 3.8) is 0 Å². The predicted octanol–water partition coefficient (Wildman–Crippen LogP) is 4.98. The fourth-order valence-corrected chi connectivity index (χ4v) is 3.97. The van der Waals surface area contributed by atoms with E-state index >= 15 is 0 Å². The van der Waals surface area contributed by atoms with Crippen molar-refractivity contribution < 1.29 is 19.1 Å². The summed E-state index contributed by atoms with van der Waals surface area (Å²) in [6.45, 7) is 5.59. The van der Waals surface area contributed by atoms with Gasteiger partial charge in [-0.2, -0.15) is 0 Å². The summed E-state index contributed by atoms with van der Waals surface area (Å²) in [7, 11) is 0. The summed E-state index contributed by atoms with van der Waals surface area (Å²) >= 11 is 0. The van der Waals surface area contributed by atoms with Gasteiger partial charge in [0.2, 0.25) is 5.91 Å². The lowest BCUT2D eigenvalue weighted by atomic mass is 9.98. The molecule has 0 aromatic heterocycles. The average molecular weight is 466 g/mol. The van der Waals surface area contributed by atoms with Gasteiger partial charge in [0, 0.05) is 24.3 Å².